The van der Waals surface area contributed by atoms with Gasteiger partial charge in [0.25, 0.3) is 5.91 Å². The van der Waals surface area contributed by atoms with E-state index in [2.05, 4.69) is 5.32 Å². The molecule has 104 valence electrons. The fourth-order valence-electron chi connectivity index (χ4n) is 1.61. The van der Waals surface area contributed by atoms with Gasteiger partial charge in [0.1, 0.15) is 11.9 Å². The Bertz CT molecular complexity index is 643. The van der Waals surface area contributed by atoms with Gasteiger partial charge in [-0.1, -0.05) is 6.07 Å². The third-order valence-electron chi connectivity index (χ3n) is 2.63. The number of carbonyl (C=O) groups is 2. The summed E-state index contributed by atoms with van der Waals surface area (Å²) in [6.07, 6.45) is 0. The van der Waals surface area contributed by atoms with Gasteiger partial charge in [-0.15, -0.1) is 11.3 Å². The second-order valence-corrected chi connectivity index (χ2v) is 5.02. The van der Waals surface area contributed by atoms with Crippen molar-refractivity contribution in [3.8, 4) is 0 Å². The smallest absolute Gasteiger partial charge is 0.251 e. The lowest BCUT2D eigenvalue weighted by Gasteiger charge is -2.11. The summed E-state index contributed by atoms with van der Waals surface area (Å²) in [4.78, 5) is 23.7. The summed E-state index contributed by atoms with van der Waals surface area (Å²) in [6.45, 7) is 0. The van der Waals surface area contributed by atoms with E-state index in [-0.39, 0.29) is 11.3 Å². The largest absolute Gasteiger partial charge is 0.366 e. The summed E-state index contributed by atoms with van der Waals surface area (Å²) in [5, 5.41) is 4.33. The maximum absolute atomic E-state index is 13.3. The Balaban J connectivity index is 2.16. The molecule has 1 heterocycles. The number of amides is 2. The van der Waals surface area contributed by atoms with E-state index in [0.29, 0.717) is 4.88 Å². The molecule has 0 saturated carbocycles. The van der Waals surface area contributed by atoms with E-state index in [9.17, 15) is 14.0 Å². The minimum atomic E-state index is -0.902. The van der Waals surface area contributed by atoms with Gasteiger partial charge < -0.3 is 16.8 Å². The zero-order chi connectivity index (χ0) is 14.7. The van der Waals surface area contributed by atoms with Crippen LogP contribution in [0.5, 0.6) is 0 Å². The molecule has 0 aliphatic rings. The molecule has 0 saturated heterocycles. The molecule has 1 atom stereocenters. The van der Waals surface area contributed by atoms with Crippen LogP contribution in [0.15, 0.2) is 35.7 Å². The van der Waals surface area contributed by atoms with Crippen LogP contribution in [0.2, 0.25) is 0 Å². The molecule has 7 heteroatoms. The predicted octanol–water partition coefficient (Wildman–Crippen LogP) is 1.62. The molecule has 20 heavy (non-hydrogen) atoms. The Morgan fingerprint density at radius 2 is 2.05 bits per heavy atom. The highest BCUT2D eigenvalue weighted by Gasteiger charge is 2.17. The highest BCUT2D eigenvalue weighted by molar-refractivity contribution is 7.10. The molecule has 0 bridgehead atoms. The van der Waals surface area contributed by atoms with E-state index in [1.165, 1.54) is 23.5 Å². The molecule has 2 amide bonds. The van der Waals surface area contributed by atoms with Crippen molar-refractivity contribution < 1.29 is 14.0 Å². The van der Waals surface area contributed by atoms with E-state index in [1.807, 2.05) is 5.38 Å². The molecule has 5 nitrogen and oxygen atoms in total. The highest BCUT2D eigenvalue weighted by Crippen LogP contribution is 2.20. The van der Waals surface area contributed by atoms with E-state index in [1.54, 1.807) is 12.1 Å². The summed E-state index contributed by atoms with van der Waals surface area (Å²) in [5.74, 6) is -2.09. The molecule has 0 radical (unpaired) electrons. The number of hydrogen-bond acceptors (Lipinski definition) is 4. The van der Waals surface area contributed by atoms with Crippen molar-refractivity contribution in [2.75, 3.05) is 5.32 Å². The number of nitrogens with one attached hydrogen (secondary N) is 1. The number of primary amides is 1. The van der Waals surface area contributed by atoms with Crippen LogP contribution >= 0.6 is 11.3 Å². The van der Waals surface area contributed by atoms with Crippen LogP contribution in [0.3, 0.4) is 0 Å². The summed E-state index contributed by atoms with van der Waals surface area (Å²) < 4.78 is 13.3. The third kappa shape index (κ3) is 3.01. The first-order valence-electron chi connectivity index (χ1n) is 5.68. The molecular weight excluding hydrogens is 281 g/mol. The number of anilines is 1. The minimum absolute atomic E-state index is 0.261. The number of halogens is 1. The monoisotopic (exact) mass is 293 g/mol. The zero-order valence-electron chi connectivity index (χ0n) is 10.3. The van der Waals surface area contributed by atoms with Gasteiger partial charge in [-0.3, -0.25) is 9.59 Å². The lowest BCUT2D eigenvalue weighted by atomic mass is 10.1. The van der Waals surface area contributed by atoms with Crippen LogP contribution in [0.1, 0.15) is 21.3 Å². The van der Waals surface area contributed by atoms with E-state index < -0.39 is 23.7 Å². The van der Waals surface area contributed by atoms with Crippen molar-refractivity contribution in [2.45, 2.75) is 6.04 Å². The SMILES string of the molecule is NC(=O)c1cc(NC(=O)C(N)c2cccs2)ccc1F. The summed E-state index contributed by atoms with van der Waals surface area (Å²) in [6, 6.07) is 6.28. The average molecular weight is 293 g/mol. The van der Waals surface area contributed by atoms with Gasteiger partial charge in [-0.05, 0) is 29.6 Å². The van der Waals surface area contributed by atoms with Crippen LogP contribution in [0.25, 0.3) is 0 Å². The maximum Gasteiger partial charge on any atom is 0.251 e. The van der Waals surface area contributed by atoms with Crippen LogP contribution < -0.4 is 16.8 Å². The number of nitrogens with two attached hydrogens (primary N) is 2. The van der Waals surface area contributed by atoms with Crippen LogP contribution in [-0.4, -0.2) is 11.8 Å². The molecule has 0 aliphatic heterocycles. The van der Waals surface area contributed by atoms with E-state index >= 15 is 0 Å². The second-order valence-electron chi connectivity index (χ2n) is 4.04. The van der Waals surface area contributed by atoms with Gasteiger partial charge in [-0.2, -0.15) is 0 Å². The third-order valence-corrected chi connectivity index (χ3v) is 3.59. The molecular formula is C13H12FN3O2S. The summed E-state index contributed by atoms with van der Waals surface area (Å²) in [7, 11) is 0. The van der Waals surface area contributed by atoms with Crippen molar-refractivity contribution in [3.05, 3.63) is 52.0 Å². The molecule has 2 rings (SSSR count). The van der Waals surface area contributed by atoms with E-state index in [4.69, 9.17) is 11.5 Å². The fraction of sp³-hybridized carbons (Fsp3) is 0.0769. The molecule has 1 aromatic carbocycles. The first kappa shape index (κ1) is 14.2. The quantitative estimate of drug-likeness (QED) is 0.799. The standard InChI is InChI=1S/C13H12FN3O2S/c14-9-4-3-7(6-8(9)12(16)18)17-13(19)11(15)10-2-1-5-20-10/h1-6,11H,15H2,(H2,16,18)(H,17,19). The number of benzene rings is 1. The Kier molecular flexibility index (Phi) is 4.11. The van der Waals surface area contributed by atoms with Crippen molar-refractivity contribution in [1.82, 2.24) is 0 Å². The van der Waals surface area contributed by atoms with Crippen LogP contribution in [-0.2, 0) is 4.79 Å². The zero-order valence-corrected chi connectivity index (χ0v) is 11.1. The second kappa shape index (κ2) is 5.81. The van der Waals surface area contributed by atoms with Crippen molar-refractivity contribution in [3.63, 3.8) is 0 Å². The highest BCUT2D eigenvalue weighted by atomic mass is 32.1. The number of carbonyl (C=O) groups excluding carboxylic acids is 2. The first-order valence-corrected chi connectivity index (χ1v) is 6.56. The first-order chi connectivity index (χ1) is 9.49. The van der Waals surface area contributed by atoms with Gasteiger partial charge in [0.05, 0.1) is 5.56 Å². The summed E-state index contributed by atoms with van der Waals surface area (Å²) in [5.41, 5.74) is 10.8. The molecule has 5 N–H and O–H groups in total. The Morgan fingerprint density at radius 1 is 1.30 bits per heavy atom. The summed E-state index contributed by atoms with van der Waals surface area (Å²) >= 11 is 1.36. The van der Waals surface area contributed by atoms with Crippen LogP contribution in [0.4, 0.5) is 10.1 Å². The Labute approximate surface area is 118 Å². The average Bonchev–Trinajstić information content (AvgIpc) is 2.93. The van der Waals surface area contributed by atoms with Crippen molar-refractivity contribution >= 4 is 28.8 Å². The van der Waals surface area contributed by atoms with Gasteiger partial charge in [0.15, 0.2) is 0 Å². The van der Waals surface area contributed by atoms with Crippen molar-refractivity contribution in [2.24, 2.45) is 11.5 Å². The molecule has 0 aliphatic carbocycles. The van der Waals surface area contributed by atoms with Gasteiger partial charge >= 0.3 is 0 Å². The molecule has 0 fully saturated rings. The molecule has 2 aromatic rings. The van der Waals surface area contributed by atoms with Gasteiger partial charge in [0.2, 0.25) is 5.91 Å². The van der Waals surface area contributed by atoms with Crippen LogP contribution in [0, 0.1) is 5.82 Å². The minimum Gasteiger partial charge on any atom is -0.366 e. The normalized spacial score (nSPS) is 11.9. The van der Waals surface area contributed by atoms with Crippen molar-refractivity contribution in [1.29, 1.82) is 0 Å². The van der Waals surface area contributed by atoms with Gasteiger partial charge in [-0.25, -0.2) is 4.39 Å². The topological polar surface area (TPSA) is 98.2 Å². The molecule has 0 spiro atoms. The van der Waals surface area contributed by atoms with E-state index in [0.717, 1.165) is 6.07 Å². The lowest BCUT2D eigenvalue weighted by Crippen LogP contribution is -2.27. The van der Waals surface area contributed by atoms with Gasteiger partial charge in [0, 0.05) is 10.6 Å². The number of rotatable bonds is 4. The Morgan fingerprint density at radius 3 is 2.65 bits per heavy atom. The Hall–Kier alpha value is -2.25. The number of thiophene rings is 1. The fourth-order valence-corrected chi connectivity index (χ4v) is 2.33. The number of hydrogen-bond donors (Lipinski definition) is 3. The molecule has 1 unspecified atom stereocenters. The predicted molar refractivity (Wildman–Crippen MR) is 74.8 cm³/mol. The maximum atomic E-state index is 13.3. The lowest BCUT2D eigenvalue weighted by molar-refractivity contribution is -0.117. The molecule has 1 aromatic heterocycles.